The number of aryl methyl sites for hydroxylation is 2. The van der Waals surface area contributed by atoms with Gasteiger partial charge in [-0.2, -0.15) is 0 Å². The van der Waals surface area contributed by atoms with Crippen molar-refractivity contribution in [2.45, 2.75) is 57.9 Å². The molecule has 36 heavy (non-hydrogen) atoms. The molecule has 0 bridgehead atoms. The highest BCUT2D eigenvalue weighted by molar-refractivity contribution is 7.97. The zero-order valence-electron chi connectivity index (χ0n) is 20.7. The number of nitrogens with zero attached hydrogens (tertiary/aromatic N) is 2. The Morgan fingerprint density at radius 1 is 1.08 bits per heavy atom. The molecule has 0 saturated carbocycles. The summed E-state index contributed by atoms with van der Waals surface area (Å²) in [6, 6.07) is 11.7. The average molecular weight is 529 g/mol. The molecule has 0 spiro atoms. The Morgan fingerprint density at radius 3 is 2.44 bits per heavy atom. The van der Waals surface area contributed by atoms with E-state index in [9.17, 15) is 18.0 Å². The van der Waals surface area contributed by atoms with Gasteiger partial charge in [-0.05, 0) is 43.0 Å². The van der Waals surface area contributed by atoms with Gasteiger partial charge in [-0.15, -0.1) is 0 Å². The normalized spacial score (nSPS) is 11.5. The van der Waals surface area contributed by atoms with Crippen molar-refractivity contribution in [3.8, 4) is 11.1 Å². The highest BCUT2D eigenvalue weighted by Crippen LogP contribution is 2.31. The molecule has 1 heterocycles. The number of thiol groups is 1. The molecule has 0 atom stereocenters. The molecule has 8 nitrogen and oxygen atoms in total. The quantitative estimate of drug-likeness (QED) is 0.323. The third kappa shape index (κ3) is 6.24. The first-order valence-corrected chi connectivity index (χ1v) is 13.9. The van der Waals surface area contributed by atoms with Crippen LogP contribution in [0, 0.1) is 6.92 Å². The monoisotopic (exact) mass is 528 g/mol. The maximum Gasteiger partial charge on any atom is 0.251 e. The van der Waals surface area contributed by atoms with Crippen molar-refractivity contribution < 1.29 is 18.0 Å². The molecule has 1 aromatic heterocycles. The van der Waals surface area contributed by atoms with Crippen LogP contribution in [0.1, 0.15) is 71.0 Å². The topological polar surface area (TPSA) is 124 Å². The average Bonchev–Trinajstić information content (AvgIpc) is 3.15. The minimum atomic E-state index is -4.14. The van der Waals surface area contributed by atoms with Crippen LogP contribution >= 0.6 is 12.6 Å². The van der Waals surface area contributed by atoms with E-state index >= 15 is 0 Å². The molecule has 0 saturated heterocycles. The number of benzene rings is 2. The summed E-state index contributed by atoms with van der Waals surface area (Å²) in [4.78, 5) is 29.5. The summed E-state index contributed by atoms with van der Waals surface area (Å²) in [5.41, 5.74) is 2.75. The van der Waals surface area contributed by atoms with Crippen molar-refractivity contribution in [3.63, 3.8) is 0 Å². The van der Waals surface area contributed by atoms with E-state index in [1.54, 1.807) is 47.9 Å². The van der Waals surface area contributed by atoms with E-state index in [4.69, 9.17) is 5.14 Å². The van der Waals surface area contributed by atoms with Crippen molar-refractivity contribution in [1.82, 2.24) is 14.9 Å². The van der Waals surface area contributed by atoms with E-state index in [2.05, 4.69) is 29.9 Å². The Hall–Kier alpha value is -2.95. The van der Waals surface area contributed by atoms with Crippen LogP contribution in [-0.4, -0.2) is 35.5 Å². The highest BCUT2D eigenvalue weighted by Gasteiger charge is 2.22. The minimum Gasteiger partial charge on any atom is -0.352 e. The molecule has 0 aliphatic rings. The Labute approximate surface area is 217 Å². The van der Waals surface area contributed by atoms with Gasteiger partial charge in [-0.3, -0.25) is 9.59 Å². The number of rotatable bonds is 11. The summed E-state index contributed by atoms with van der Waals surface area (Å²) in [5, 5.41) is 8.06. The largest absolute Gasteiger partial charge is 0.352 e. The van der Waals surface area contributed by atoms with Crippen molar-refractivity contribution in [3.05, 3.63) is 70.8 Å². The summed E-state index contributed by atoms with van der Waals surface area (Å²) in [6.07, 6.45) is 3.31. The molecule has 0 aliphatic heterocycles. The number of carbonyl (C=O) groups excluding carboxylic acids is 2. The van der Waals surface area contributed by atoms with E-state index in [0.717, 1.165) is 25.1 Å². The molecule has 0 unspecified atom stereocenters. The standard InChI is InChI=1S/C26H32N4O4S2/c1-4-6-11-23-29-17(3)24(26(32)35)30(23)16-18-12-13-20(22(15-18)36(27,33)34)19-9-7-8-10-21(19)25(31)28-14-5-2/h7-10,12-13,15H,4-6,11,14,16H2,1-3H3,(H,28,31)(H,32,35)(H2,27,33,34). The lowest BCUT2D eigenvalue weighted by atomic mass is 9.98. The summed E-state index contributed by atoms with van der Waals surface area (Å²) in [5.74, 6) is 0.453. The summed E-state index contributed by atoms with van der Waals surface area (Å²) >= 11 is 4.03. The third-order valence-corrected chi connectivity index (χ3v) is 7.03. The first-order valence-electron chi connectivity index (χ1n) is 11.9. The number of unbranched alkanes of at least 4 members (excludes halogenated alkanes) is 1. The maximum absolute atomic E-state index is 12.8. The predicted octanol–water partition coefficient (Wildman–Crippen LogP) is 4.11. The number of primary sulfonamides is 1. The summed E-state index contributed by atoms with van der Waals surface area (Å²) < 4.78 is 27.1. The molecule has 10 heteroatoms. The Bertz CT molecular complexity index is 1380. The smallest absolute Gasteiger partial charge is 0.251 e. The lowest BCUT2D eigenvalue weighted by Gasteiger charge is -2.16. The molecular weight excluding hydrogens is 496 g/mol. The number of nitrogens with one attached hydrogen (secondary N) is 1. The molecule has 1 amide bonds. The van der Waals surface area contributed by atoms with Crippen LogP contribution in [0.5, 0.6) is 0 Å². The van der Waals surface area contributed by atoms with Crippen molar-refractivity contribution >= 4 is 33.7 Å². The number of hydrogen-bond acceptors (Lipinski definition) is 5. The van der Waals surface area contributed by atoms with Gasteiger partial charge in [-0.1, -0.05) is 63.2 Å². The van der Waals surface area contributed by atoms with Crippen LogP contribution in [0.2, 0.25) is 0 Å². The molecule has 3 aromatic rings. The second-order valence-corrected chi connectivity index (χ2v) is 10.6. The zero-order chi connectivity index (χ0) is 26.5. The Kier molecular flexibility index (Phi) is 9.10. The number of aromatic nitrogens is 2. The molecule has 0 radical (unpaired) electrons. The number of sulfonamides is 1. The fourth-order valence-corrected chi connectivity index (χ4v) is 5.24. The maximum atomic E-state index is 12.8. The van der Waals surface area contributed by atoms with Crippen LogP contribution in [0.15, 0.2) is 47.4 Å². The van der Waals surface area contributed by atoms with Gasteiger partial charge in [0, 0.05) is 30.6 Å². The number of hydrogen-bond donors (Lipinski definition) is 3. The van der Waals surface area contributed by atoms with Crippen molar-refractivity contribution in [1.29, 1.82) is 0 Å². The molecule has 0 aliphatic carbocycles. The minimum absolute atomic E-state index is 0.0959. The van der Waals surface area contributed by atoms with Gasteiger partial charge in [0.25, 0.3) is 5.91 Å². The first-order chi connectivity index (χ1) is 17.1. The van der Waals surface area contributed by atoms with Gasteiger partial charge in [-0.25, -0.2) is 18.5 Å². The third-order valence-electron chi connectivity index (χ3n) is 5.87. The van der Waals surface area contributed by atoms with Gasteiger partial charge in [0.1, 0.15) is 11.5 Å². The fourth-order valence-electron chi connectivity index (χ4n) is 4.15. The fraction of sp³-hybridized carbons (Fsp3) is 0.346. The molecule has 2 aromatic carbocycles. The Balaban J connectivity index is 2.12. The number of imidazole rings is 1. The van der Waals surface area contributed by atoms with E-state index < -0.39 is 15.1 Å². The van der Waals surface area contributed by atoms with Crippen LogP contribution in [0.25, 0.3) is 11.1 Å². The SMILES string of the molecule is CCCCc1nc(C)c(C(=O)S)n1Cc1ccc(-c2ccccc2C(=O)NCCC)c(S(N)(=O)=O)c1. The Morgan fingerprint density at radius 2 is 1.81 bits per heavy atom. The van der Waals surface area contributed by atoms with Crippen molar-refractivity contribution in [2.24, 2.45) is 5.14 Å². The number of nitrogens with two attached hydrogens (primary N) is 1. The summed E-state index contributed by atoms with van der Waals surface area (Å²) in [6.45, 7) is 6.51. The molecule has 0 fully saturated rings. The van der Waals surface area contributed by atoms with Crippen LogP contribution in [0.3, 0.4) is 0 Å². The molecule has 3 N–H and O–H groups in total. The zero-order valence-corrected chi connectivity index (χ0v) is 22.5. The lowest BCUT2D eigenvalue weighted by Crippen LogP contribution is -2.24. The second-order valence-electron chi connectivity index (χ2n) is 8.63. The molecule has 192 valence electrons. The van der Waals surface area contributed by atoms with Crippen LogP contribution < -0.4 is 10.5 Å². The molecular formula is C26H32N4O4S2. The van der Waals surface area contributed by atoms with E-state index in [0.29, 0.717) is 46.6 Å². The van der Waals surface area contributed by atoms with E-state index in [-0.39, 0.29) is 17.3 Å². The van der Waals surface area contributed by atoms with Gasteiger partial charge >= 0.3 is 0 Å². The molecule has 3 rings (SSSR count). The highest BCUT2D eigenvalue weighted by atomic mass is 32.2. The number of carbonyl (C=O) groups is 2. The second kappa shape index (κ2) is 11.9. The number of amides is 1. The van der Waals surface area contributed by atoms with Gasteiger partial charge in [0.2, 0.25) is 15.1 Å². The lowest BCUT2D eigenvalue weighted by molar-refractivity contribution is 0.0953. The van der Waals surface area contributed by atoms with E-state index in [1.165, 1.54) is 6.07 Å². The van der Waals surface area contributed by atoms with Gasteiger partial charge < -0.3 is 9.88 Å². The van der Waals surface area contributed by atoms with Gasteiger partial charge in [0.05, 0.1) is 10.6 Å². The van der Waals surface area contributed by atoms with Gasteiger partial charge in [0.15, 0.2) is 0 Å². The van der Waals surface area contributed by atoms with E-state index in [1.807, 2.05) is 6.92 Å². The first kappa shape index (κ1) is 27.6. The summed E-state index contributed by atoms with van der Waals surface area (Å²) in [7, 11) is -4.14. The van der Waals surface area contributed by atoms with Crippen LogP contribution in [0.4, 0.5) is 0 Å². The van der Waals surface area contributed by atoms with Crippen molar-refractivity contribution in [2.75, 3.05) is 6.54 Å². The van der Waals surface area contributed by atoms with Crippen LogP contribution in [-0.2, 0) is 23.0 Å². The predicted molar refractivity (Wildman–Crippen MR) is 144 cm³/mol.